The summed E-state index contributed by atoms with van der Waals surface area (Å²) in [6, 6.07) is 6.56. The summed E-state index contributed by atoms with van der Waals surface area (Å²) in [5.41, 5.74) is 0.336. The Kier molecular flexibility index (Phi) is 7.25. The summed E-state index contributed by atoms with van der Waals surface area (Å²) >= 11 is 2.77. The van der Waals surface area contributed by atoms with Crippen LogP contribution in [0.25, 0.3) is 10.6 Å². The van der Waals surface area contributed by atoms with Gasteiger partial charge in [-0.2, -0.15) is 9.97 Å². The van der Waals surface area contributed by atoms with Gasteiger partial charge in [-0.05, 0) is 11.8 Å². The number of sulfonamides is 1. The molecule has 0 atom stereocenters. The molecule has 2 heterocycles. The number of amides is 2. The molecule has 3 aromatic rings. The lowest BCUT2D eigenvalue weighted by Crippen LogP contribution is -2.35. The molecule has 1 aromatic carbocycles. The zero-order valence-corrected chi connectivity index (χ0v) is 19.1. The van der Waals surface area contributed by atoms with E-state index < -0.39 is 16.1 Å². The summed E-state index contributed by atoms with van der Waals surface area (Å²) in [4.78, 5) is 20.1. The van der Waals surface area contributed by atoms with Crippen molar-refractivity contribution in [3.63, 3.8) is 0 Å². The topological polar surface area (TPSA) is 145 Å². The normalized spacial score (nSPS) is 11.1. The monoisotopic (exact) mass is 482 g/mol. The van der Waals surface area contributed by atoms with Crippen molar-refractivity contribution in [2.24, 2.45) is 0 Å². The summed E-state index contributed by atoms with van der Waals surface area (Å²) in [6.45, 7) is 1.98. The molecule has 164 valence electrons. The number of hydrogen-bond acceptors (Lipinski definition) is 11. The Morgan fingerprint density at radius 1 is 1.13 bits per heavy atom. The van der Waals surface area contributed by atoms with Crippen LogP contribution in [0.1, 0.15) is 6.92 Å². The van der Waals surface area contributed by atoms with Crippen LogP contribution in [0.3, 0.4) is 0 Å². The molecule has 3 rings (SSSR count). The second-order valence-corrected chi connectivity index (χ2v) is 9.78. The number of carbonyl (C=O) groups is 1. The van der Waals surface area contributed by atoms with Crippen molar-refractivity contribution in [2.45, 2.75) is 16.2 Å². The molecule has 0 radical (unpaired) electrons. The molecule has 0 aliphatic carbocycles. The molecule has 0 unspecified atom stereocenters. The minimum atomic E-state index is -4.24. The van der Waals surface area contributed by atoms with Crippen LogP contribution >= 0.6 is 23.1 Å². The molecule has 0 bridgehead atoms. The number of anilines is 1. The molecule has 0 aliphatic rings. The fourth-order valence-electron chi connectivity index (χ4n) is 2.35. The van der Waals surface area contributed by atoms with Gasteiger partial charge in [0.25, 0.3) is 10.0 Å². The van der Waals surface area contributed by atoms with E-state index in [1.54, 1.807) is 18.2 Å². The van der Waals surface area contributed by atoms with Crippen LogP contribution < -0.4 is 19.5 Å². The zero-order valence-electron chi connectivity index (χ0n) is 16.6. The van der Waals surface area contributed by atoms with Gasteiger partial charge >= 0.3 is 6.03 Å². The first-order chi connectivity index (χ1) is 14.9. The highest BCUT2D eigenvalue weighted by atomic mass is 32.2. The van der Waals surface area contributed by atoms with Crippen molar-refractivity contribution in [1.82, 2.24) is 24.9 Å². The van der Waals surface area contributed by atoms with Gasteiger partial charge in [0.1, 0.15) is 5.01 Å². The largest absolute Gasteiger partial charge is 0.481 e. The highest BCUT2D eigenvalue weighted by Crippen LogP contribution is 2.33. The average Bonchev–Trinajstić information content (AvgIpc) is 3.21. The number of nitrogens with one attached hydrogen (secondary N) is 2. The van der Waals surface area contributed by atoms with Gasteiger partial charge in [-0.15, -0.1) is 10.2 Å². The molecule has 14 heteroatoms. The minimum absolute atomic E-state index is 0.113. The lowest BCUT2D eigenvalue weighted by molar-refractivity contribution is 0.256. The van der Waals surface area contributed by atoms with E-state index in [-0.39, 0.29) is 22.6 Å². The number of hydrogen-bond donors (Lipinski definition) is 2. The standard InChI is InChI=1S/C17H18N6O5S3/c1-4-29-17-22-21-14(30-17)10-7-5-6-8-11(10)31(25,26)23-16(24)20-15-18-12(27-2)9-13(19-15)28-3/h5-9H,4H2,1-3H3,(H2,18,19,20,23,24). The van der Waals surface area contributed by atoms with Gasteiger partial charge in [0.15, 0.2) is 4.34 Å². The SMILES string of the molecule is CCSc1nnc(-c2ccccc2S(=O)(=O)NC(=O)Nc2nc(OC)cc(OC)n2)s1. The smallest absolute Gasteiger partial charge is 0.335 e. The fourth-order valence-corrected chi connectivity index (χ4v) is 5.32. The third-order valence-electron chi connectivity index (χ3n) is 3.63. The Morgan fingerprint density at radius 3 is 2.45 bits per heavy atom. The van der Waals surface area contributed by atoms with E-state index >= 15 is 0 Å². The lowest BCUT2D eigenvalue weighted by Gasteiger charge is -2.11. The van der Waals surface area contributed by atoms with Crippen molar-refractivity contribution in [3.05, 3.63) is 30.3 Å². The van der Waals surface area contributed by atoms with Crippen LogP contribution in [0, 0.1) is 0 Å². The first-order valence-corrected chi connectivity index (χ1v) is 12.0. The molecule has 2 N–H and O–H groups in total. The maximum Gasteiger partial charge on any atom is 0.335 e. The average molecular weight is 483 g/mol. The number of aromatic nitrogens is 4. The van der Waals surface area contributed by atoms with E-state index in [0.29, 0.717) is 10.6 Å². The Morgan fingerprint density at radius 2 is 1.81 bits per heavy atom. The van der Waals surface area contributed by atoms with Gasteiger partial charge in [0.05, 0.1) is 25.2 Å². The molecule has 0 saturated carbocycles. The van der Waals surface area contributed by atoms with Gasteiger partial charge in [0, 0.05) is 5.56 Å². The number of nitrogens with zero attached hydrogens (tertiary/aromatic N) is 4. The van der Waals surface area contributed by atoms with E-state index in [0.717, 1.165) is 10.1 Å². The van der Waals surface area contributed by atoms with Crippen LogP contribution in [-0.2, 0) is 10.0 Å². The van der Waals surface area contributed by atoms with Crippen LogP contribution in [0.4, 0.5) is 10.7 Å². The van der Waals surface area contributed by atoms with Gasteiger partial charge in [0.2, 0.25) is 17.7 Å². The molecular formula is C17H18N6O5S3. The van der Waals surface area contributed by atoms with E-state index in [1.165, 1.54) is 49.5 Å². The number of rotatable bonds is 8. The van der Waals surface area contributed by atoms with Gasteiger partial charge < -0.3 is 9.47 Å². The van der Waals surface area contributed by atoms with Crippen molar-refractivity contribution in [3.8, 4) is 22.3 Å². The Labute approximate surface area is 186 Å². The fraction of sp³-hybridized carbons (Fsp3) is 0.235. The predicted octanol–water partition coefficient (Wildman–Crippen LogP) is 2.63. The molecule has 11 nitrogen and oxygen atoms in total. The van der Waals surface area contributed by atoms with E-state index in [1.807, 2.05) is 11.6 Å². The third-order valence-corrected chi connectivity index (χ3v) is 6.99. The number of methoxy groups -OCH3 is 2. The number of benzene rings is 1. The van der Waals surface area contributed by atoms with Gasteiger partial charge in [-0.3, -0.25) is 5.32 Å². The maximum absolute atomic E-state index is 12.9. The van der Waals surface area contributed by atoms with Crippen LogP contribution in [0.5, 0.6) is 11.8 Å². The highest BCUT2D eigenvalue weighted by molar-refractivity contribution is 8.01. The molecule has 2 amide bonds. The number of thioether (sulfide) groups is 1. The number of ether oxygens (including phenoxy) is 2. The van der Waals surface area contributed by atoms with Crippen molar-refractivity contribution >= 4 is 45.1 Å². The van der Waals surface area contributed by atoms with Crippen molar-refractivity contribution < 1.29 is 22.7 Å². The van der Waals surface area contributed by atoms with Crippen molar-refractivity contribution in [2.75, 3.05) is 25.3 Å². The van der Waals surface area contributed by atoms with Crippen LogP contribution in [0.15, 0.2) is 39.6 Å². The second kappa shape index (κ2) is 9.89. The van der Waals surface area contributed by atoms with Gasteiger partial charge in [-0.1, -0.05) is 48.2 Å². The Balaban J connectivity index is 1.83. The summed E-state index contributed by atoms with van der Waals surface area (Å²) in [6.07, 6.45) is 0. The molecule has 0 fully saturated rings. The summed E-state index contributed by atoms with van der Waals surface area (Å²) in [5.74, 6) is 0.884. The Bertz CT molecular complexity index is 1160. The van der Waals surface area contributed by atoms with Gasteiger partial charge in [-0.25, -0.2) is 17.9 Å². The van der Waals surface area contributed by atoms with E-state index in [4.69, 9.17) is 9.47 Å². The summed E-state index contributed by atoms with van der Waals surface area (Å²) in [5, 5.41) is 10.8. The third kappa shape index (κ3) is 5.59. The predicted molar refractivity (Wildman–Crippen MR) is 116 cm³/mol. The second-order valence-electron chi connectivity index (χ2n) is 5.64. The molecule has 31 heavy (non-hydrogen) atoms. The van der Waals surface area contributed by atoms with Crippen molar-refractivity contribution in [1.29, 1.82) is 0 Å². The lowest BCUT2D eigenvalue weighted by atomic mass is 10.2. The first kappa shape index (κ1) is 22.7. The highest BCUT2D eigenvalue weighted by Gasteiger charge is 2.24. The molecule has 2 aromatic heterocycles. The minimum Gasteiger partial charge on any atom is -0.481 e. The molecular weight excluding hydrogens is 464 g/mol. The molecule has 0 spiro atoms. The number of urea groups is 1. The quantitative estimate of drug-likeness (QED) is 0.459. The number of carbonyl (C=O) groups excluding carboxylic acids is 1. The van der Waals surface area contributed by atoms with Crippen LogP contribution in [0.2, 0.25) is 0 Å². The molecule has 0 aliphatic heterocycles. The van der Waals surface area contributed by atoms with E-state index in [2.05, 4.69) is 25.5 Å². The zero-order chi connectivity index (χ0) is 22.4. The first-order valence-electron chi connectivity index (χ1n) is 8.72. The Hall–Kier alpha value is -2.97. The summed E-state index contributed by atoms with van der Waals surface area (Å²) < 4.78 is 38.5. The molecule has 0 saturated heterocycles. The summed E-state index contributed by atoms with van der Waals surface area (Å²) in [7, 11) is -1.48. The van der Waals surface area contributed by atoms with Crippen LogP contribution in [-0.4, -0.2) is 54.6 Å². The maximum atomic E-state index is 12.9. The van der Waals surface area contributed by atoms with E-state index in [9.17, 15) is 13.2 Å².